The van der Waals surface area contributed by atoms with Crippen molar-refractivity contribution in [2.75, 3.05) is 26.0 Å². The number of carbonyl (C=O) groups is 3. The predicted octanol–water partition coefficient (Wildman–Crippen LogP) is 5.97. The van der Waals surface area contributed by atoms with Crippen molar-refractivity contribution in [1.29, 1.82) is 0 Å². The van der Waals surface area contributed by atoms with Crippen LogP contribution >= 0.6 is 23.4 Å². The minimum Gasteiger partial charge on any atom is -0.496 e. The van der Waals surface area contributed by atoms with Gasteiger partial charge in [0.05, 0.1) is 13.0 Å². The zero-order valence-electron chi connectivity index (χ0n) is 22.9. The molecule has 2 aliphatic carbocycles. The molecule has 0 spiro atoms. The number of carboxylic acid groups (broad SMARTS) is 1. The Morgan fingerprint density at radius 2 is 1.85 bits per heavy atom. The van der Waals surface area contributed by atoms with E-state index < -0.39 is 5.97 Å². The Morgan fingerprint density at radius 1 is 1.07 bits per heavy atom. The third-order valence-electron chi connectivity index (χ3n) is 8.63. The van der Waals surface area contributed by atoms with Crippen LogP contribution in [0.3, 0.4) is 0 Å². The van der Waals surface area contributed by atoms with Gasteiger partial charge in [0.2, 0.25) is 11.8 Å². The molecule has 214 valence electrons. The van der Waals surface area contributed by atoms with Gasteiger partial charge in [0.1, 0.15) is 5.75 Å². The molecule has 1 heterocycles. The van der Waals surface area contributed by atoms with Crippen molar-refractivity contribution in [3.8, 4) is 5.75 Å². The summed E-state index contributed by atoms with van der Waals surface area (Å²) in [6.07, 6.45) is 6.31. The second kappa shape index (κ2) is 13.0. The number of carboxylic acids is 1. The highest BCUT2D eigenvalue weighted by Gasteiger charge is 2.36. The Bertz CT molecular complexity index is 1250. The lowest BCUT2D eigenvalue weighted by Crippen LogP contribution is -2.38. The van der Waals surface area contributed by atoms with Gasteiger partial charge in [-0.15, -0.1) is 11.8 Å². The van der Waals surface area contributed by atoms with Gasteiger partial charge < -0.3 is 9.84 Å². The molecule has 0 radical (unpaired) electrons. The molecular weight excluding hydrogens is 548 g/mol. The maximum atomic E-state index is 12.1. The zero-order valence-corrected chi connectivity index (χ0v) is 24.5. The van der Waals surface area contributed by atoms with Crippen molar-refractivity contribution in [3.05, 3.63) is 58.1 Å². The van der Waals surface area contributed by atoms with Gasteiger partial charge >= 0.3 is 5.97 Å². The van der Waals surface area contributed by atoms with Gasteiger partial charge in [-0.3, -0.25) is 24.2 Å². The van der Waals surface area contributed by atoms with Crippen molar-refractivity contribution >= 4 is 41.1 Å². The lowest BCUT2D eigenvalue weighted by Gasteiger charge is -2.37. The average Bonchev–Trinajstić information content (AvgIpc) is 3.51. The molecule has 3 atom stereocenters. The third kappa shape index (κ3) is 6.50. The number of likely N-dealkylation sites (tertiary alicyclic amines) is 1. The number of rotatable bonds is 11. The molecule has 2 aromatic carbocycles. The number of amides is 2. The number of aliphatic carboxylic acids is 1. The van der Waals surface area contributed by atoms with E-state index in [-0.39, 0.29) is 29.7 Å². The van der Waals surface area contributed by atoms with E-state index in [1.54, 1.807) is 18.9 Å². The fourth-order valence-corrected chi connectivity index (χ4v) is 7.72. The van der Waals surface area contributed by atoms with E-state index in [9.17, 15) is 19.5 Å². The van der Waals surface area contributed by atoms with Crippen LogP contribution in [0.1, 0.15) is 67.7 Å². The van der Waals surface area contributed by atoms with Crippen molar-refractivity contribution in [3.63, 3.8) is 0 Å². The summed E-state index contributed by atoms with van der Waals surface area (Å²) in [4.78, 5) is 40.7. The van der Waals surface area contributed by atoms with E-state index in [1.807, 2.05) is 12.1 Å². The van der Waals surface area contributed by atoms with Crippen molar-refractivity contribution < 1.29 is 24.2 Å². The topological polar surface area (TPSA) is 87.2 Å². The van der Waals surface area contributed by atoms with Crippen LogP contribution in [0, 0.1) is 11.8 Å². The summed E-state index contributed by atoms with van der Waals surface area (Å²) in [5.74, 6) is 0.336. The van der Waals surface area contributed by atoms with Gasteiger partial charge in [-0.2, -0.15) is 0 Å². The van der Waals surface area contributed by atoms with Gasteiger partial charge in [-0.1, -0.05) is 36.6 Å². The van der Waals surface area contributed by atoms with Crippen molar-refractivity contribution in [2.24, 2.45) is 11.8 Å². The highest BCUT2D eigenvalue weighted by molar-refractivity contribution is 7.99. The highest BCUT2D eigenvalue weighted by Crippen LogP contribution is 2.41. The Hall–Kier alpha value is -2.55. The van der Waals surface area contributed by atoms with Gasteiger partial charge in [-0.05, 0) is 72.6 Å². The Kier molecular flexibility index (Phi) is 9.38. The number of halogens is 1. The normalized spacial score (nSPS) is 22.7. The SMILES string of the molecule is COc1cc(CN(CC2CCCCC2C(=O)O)[C@H]2CCc3cc(Cl)ccc32)ccc1SCCN1C(=O)CCC1=O. The molecule has 5 rings (SSSR count). The average molecular weight is 585 g/mol. The van der Waals surface area contributed by atoms with Crippen LogP contribution in [0.25, 0.3) is 0 Å². The van der Waals surface area contributed by atoms with Crippen molar-refractivity contribution in [1.82, 2.24) is 9.80 Å². The largest absolute Gasteiger partial charge is 0.496 e. The molecule has 1 aliphatic heterocycles. The first-order valence-electron chi connectivity index (χ1n) is 14.2. The number of fused-ring (bicyclic) bond motifs is 1. The fourth-order valence-electron chi connectivity index (χ4n) is 6.58. The number of carbonyl (C=O) groups excluding carboxylic acids is 2. The van der Waals surface area contributed by atoms with Crippen LogP contribution in [0.15, 0.2) is 41.3 Å². The maximum Gasteiger partial charge on any atom is 0.306 e. The molecule has 9 heteroatoms. The monoisotopic (exact) mass is 584 g/mol. The number of ether oxygens (including phenoxy) is 1. The number of benzene rings is 2. The Labute approximate surface area is 245 Å². The van der Waals surface area contributed by atoms with E-state index in [4.69, 9.17) is 16.3 Å². The van der Waals surface area contributed by atoms with E-state index in [0.717, 1.165) is 66.3 Å². The highest BCUT2D eigenvalue weighted by atomic mass is 35.5. The predicted molar refractivity (Wildman–Crippen MR) is 156 cm³/mol. The molecule has 3 aliphatic rings. The number of aryl methyl sites for hydroxylation is 1. The summed E-state index contributed by atoms with van der Waals surface area (Å²) in [5.41, 5.74) is 3.67. The maximum absolute atomic E-state index is 12.1. The fraction of sp³-hybridized carbons (Fsp3) is 0.516. The Balaban J connectivity index is 1.33. The third-order valence-corrected chi connectivity index (χ3v) is 9.90. The number of imide groups is 1. The molecule has 40 heavy (non-hydrogen) atoms. The number of hydrogen-bond donors (Lipinski definition) is 1. The van der Waals surface area contributed by atoms with Crippen LogP contribution in [0.5, 0.6) is 5.75 Å². The summed E-state index contributed by atoms with van der Waals surface area (Å²) >= 11 is 7.87. The summed E-state index contributed by atoms with van der Waals surface area (Å²) in [6.45, 7) is 1.83. The van der Waals surface area contributed by atoms with Crippen LogP contribution in [0.4, 0.5) is 0 Å². The smallest absolute Gasteiger partial charge is 0.306 e. The van der Waals surface area contributed by atoms with E-state index in [0.29, 0.717) is 31.7 Å². The van der Waals surface area contributed by atoms with E-state index in [2.05, 4.69) is 29.2 Å². The first kappa shape index (κ1) is 29.0. The Morgan fingerprint density at radius 3 is 2.60 bits per heavy atom. The second-order valence-electron chi connectivity index (χ2n) is 11.1. The molecule has 0 aromatic heterocycles. The molecule has 0 bridgehead atoms. The van der Waals surface area contributed by atoms with E-state index in [1.165, 1.54) is 16.0 Å². The van der Waals surface area contributed by atoms with E-state index >= 15 is 0 Å². The molecule has 2 amide bonds. The van der Waals surface area contributed by atoms with Gasteiger partial charge in [0.25, 0.3) is 0 Å². The summed E-state index contributed by atoms with van der Waals surface area (Å²) in [7, 11) is 1.66. The second-order valence-corrected chi connectivity index (χ2v) is 12.7. The molecule has 1 N–H and O–H groups in total. The lowest BCUT2D eigenvalue weighted by molar-refractivity contribution is -0.145. The van der Waals surface area contributed by atoms with Crippen molar-refractivity contribution in [2.45, 2.75) is 68.8 Å². The zero-order chi connectivity index (χ0) is 28.2. The molecule has 1 saturated heterocycles. The van der Waals surface area contributed by atoms with Crippen LogP contribution in [-0.4, -0.2) is 58.6 Å². The van der Waals surface area contributed by atoms with Crippen LogP contribution in [0.2, 0.25) is 5.02 Å². The first-order valence-corrected chi connectivity index (χ1v) is 15.6. The van der Waals surface area contributed by atoms with Gasteiger partial charge in [0.15, 0.2) is 0 Å². The quantitative estimate of drug-likeness (QED) is 0.257. The summed E-state index contributed by atoms with van der Waals surface area (Å²) in [6, 6.07) is 12.6. The van der Waals surface area contributed by atoms with Gasteiger partial charge in [-0.25, -0.2) is 0 Å². The lowest BCUT2D eigenvalue weighted by atomic mass is 9.78. The number of nitrogens with zero attached hydrogens (tertiary/aromatic N) is 2. The van der Waals surface area contributed by atoms with Crippen LogP contribution in [-0.2, 0) is 27.3 Å². The minimum atomic E-state index is -0.677. The summed E-state index contributed by atoms with van der Waals surface area (Å²) in [5, 5.41) is 10.7. The van der Waals surface area contributed by atoms with Gasteiger partial charge in [0, 0.05) is 54.2 Å². The molecule has 1 saturated carbocycles. The molecule has 2 fully saturated rings. The molecule has 2 unspecified atom stereocenters. The minimum absolute atomic E-state index is 0.0909. The molecular formula is C31H37ClN2O5S. The number of thioether (sulfide) groups is 1. The summed E-state index contributed by atoms with van der Waals surface area (Å²) < 4.78 is 5.75. The molecule has 2 aromatic rings. The first-order chi connectivity index (χ1) is 19.3. The number of hydrogen-bond acceptors (Lipinski definition) is 6. The standard InChI is InChI=1S/C31H37ClN2O5S/c1-39-27-16-20(6-11-28(27)40-15-14-34-29(35)12-13-30(34)36)18-33(19-22-4-2-3-5-25(22)31(37)38)26-10-7-21-17-23(32)8-9-24(21)26/h6,8-9,11,16-17,22,25-26H,2-5,7,10,12-15,18-19H2,1H3,(H,37,38)/t22?,25?,26-/m0/s1. The van der Waals surface area contributed by atoms with Crippen LogP contribution < -0.4 is 4.74 Å². The molecule has 7 nitrogen and oxygen atoms in total. The number of methoxy groups -OCH3 is 1.